The van der Waals surface area contributed by atoms with E-state index in [0.717, 1.165) is 4.47 Å². The summed E-state index contributed by atoms with van der Waals surface area (Å²) in [6, 6.07) is 45.7. The van der Waals surface area contributed by atoms with Gasteiger partial charge in [0.2, 0.25) is 0 Å². The maximum Gasteiger partial charge on any atom is 0.0181 e. The molecule has 33 heavy (non-hydrogen) atoms. The van der Waals surface area contributed by atoms with Crippen LogP contribution in [0.25, 0.3) is 54.9 Å². The van der Waals surface area contributed by atoms with Gasteiger partial charge in [0.15, 0.2) is 0 Å². The molecule has 1 heteroatoms. The van der Waals surface area contributed by atoms with E-state index in [-0.39, 0.29) is 0 Å². The smallest absolute Gasteiger partial charge is 0.0181 e. The van der Waals surface area contributed by atoms with Crippen LogP contribution in [0, 0.1) is 0 Å². The van der Waals surface area contributed by atoms with E-state index in [1.165, 1.54) is 54.9 Å². The molecule has 0 nitrogen and oxygen atoms in total. The molecule has 0 saturated carbocycles. The van der Waals surface area contributed by atoms with Crippen LogP contribution >= 0.6 is 15.9 Å². The van der Waals surface area contributed by atoms with Crippen molar-refractivity contribution < 1.29 is 0 Å². The summed E-state index contributed by atoms with van der Waals surface area (Å²) in [6.45, 7) is 0. The number of benzene rings is 6. The molecular weight excluding hydrogens is 464 g/mol. The quantitative estimate of drug-likeness (QED) is 0.219. The highest BCUT2D eigenvalue weighted by atomic mass is 79.9. The van der Waals surface area contributed by atoms with Crippen molar-refractivity contribution in [3.05, 3.63) is 132 Å². The zero-order valence-electron chi connectivity index (χ0n) is 18.0. The summed E-state index contributed by atoms with van der Waals surface area (Å²) < 4.78 is 1.09. The lowest BCUT2D eigenvalue weighted by atomic mass is 9.86. The first-order valence-corrected chi connectivity index (χ1v) is 11.9. The molecule has 0 fully saturated rings. The van der Waals surface area contributed by atoms with Crippen LogP contribution in [0.5, 0.6) is 0 Å². The number of fused-ring (bicyclic) bond motifs is 2. The van der Waals surface area contributed by atoms with E-state index in [9.17, 15) is 0 Å². The molecule has 0 saturated heterocycles. The third kappa shape index (κ3) is 3.55. The first-order valence-electron chi connectivity index (χ1n) is 11.1. The summed E-state index contributed by atoms with van der Waals surface area (Å²) in [7, 11) is 0. The van der Waals surface area contributed by atoms with Crippen LogP contribution in [0.1, 0.15) is 0 Å². The minimum Gasteiger partial charge on any atom is -0.0622 e. The van der Waals surface area contributed by atoms with Crippen molar-refractivity contribution in [2.45, 2.75) is 0 Å². The van der Waals surface area contributed by atoms with Gasteiger partial charge in [-0.1, -0.05) is 131 Å². The van der Waals surface area contributed by atoms with Crippen LogP contribution in [-0.4, -0.2) is 0 Å². The Labute approximate surface area is 202 Å². The minimum atomic E-state index is 1.09. The normalized spacial score (nSPS) is 11.2. The average Bonchev–Trinajstić information content (AvgIpc) is 2.88. The van der Waals surface area contributed by atoms with Gasteiger partial charge in [-0.05, 0) is 67.1 Å². The van der Waals surface area contributed by atoms with Gasteiger partial charge < -0.3 is 0 Å². The second-order valence-electron chi connectivity index (χ2n) is 8.29. The Balaban J connectivity index is 1.66. The molecule has 0 atom stereocenters. The van der Waals surface area contributed by atoms with Gasteiger partial charge in [-0.2, -0.15) is 0 Å². The SMILES string of the molecule is Brc1ccc2c(-c3ccc(-c4ccccc4)cc3)c3ccccc3c(-c3ccccc3)c2c1. The molecule has 156 valence electrons. The highest BCUT2D eigenvalue weighted by molar-refractivity contribution is 9.10. The molecular formula is C32H21Br. The maximum absolute atomic E-state index is 3.72. The Hall–Kier alpha value is -3.68. The predicted molar refractivity (Wildman–Crippen MR) is 145 cm³/mol. The summed E-state index contributed by atoms with van der Waals surface area (Å²) in [5.41, 5.74) is 7.51. The summed E-state index contributed by atoms with van der Waals surface area (Å²) in [5.74, 6) is 0. The number of hydrogen-bond donors (Lipinski definition) is 0. The van der Waals surface area contributed by atoms with Crippen molar-refractivity contribution in [3.8, 4) is 33.4 Å². The fourth-order valence-electron chi connectivity index (χ4n) is 4.84. The van der Waals surface area contributed by atoms with Gasteiger partial charge in [-0.25, -0.2) is 0 Å². The molecule has 0 unspecified atom stereocenters. The van der Waals surface area contributed by atoms with Crippen LogP contribution in [-0.2, 0) is 0 Å². The third-order valence-electron chi connectivity index (χ3n) is 6.33. The molecule has 0 radical (unpaired) electrons. The zero-order valence-corrected chi connectivity index (χ0v) is 19.6. The van der Waals surface area contributed by atoms with Gasteiger partial charge in [0.25, 0.3) is 0 Å². The molecule has 6 rings (SSSR count). The Morgan fingerprint density at radius 1 is 0.333 bits per heavy atom. The molecule has 6 aromatic carbocycles. The van der Waals surface area contributed by atoms with Gasteiger partial charge in [-0.3, -0.25) is 0 Å². The lowest BCUT2D eigenvalue weighted by Gasteiger charge is -2.18. The molecule has 0 aromatic heterocycles. The van der Waals surface area contributed by atoms with Crippen LogP contribution in [0.4, 0.5) is 0 Å². The molecule has 0 amide bonds. The highest BCUT2D eigenvalue weighted by Gasteiger charge is 2.16. The molecule has 0 spiro atoms. The van der Waals surface area contributed by atoms with E-state index in [2.05, 4.69) is 143 Å². The molecule has 6 aromatic rings. The van der Waals surface area contributed by atoms with E-state index in [1.807, 2.05) is 0 Å². The summed E-state index contributed by atoms with van der Waals surface area (Å²) >= 11 is 3.72. The van der Waals surface area contributed by atoms with Gasteiger partial charge in [0.1, 0.15) is 0 Å². The lowest BCUT2D eigenvalue weighted by molar-refractivity contribution is 1.61. The Bertz CT molecular complexity index is 1580. The van der Waals surface area contributed by atoms with Gasteiger partial charge in [-0.15, -0.1) is 0 Å². The van der Waals surface area contributed by atoms with Crippen LogP contribution in [0.2, 0.25) is 0 Å². The molecule has 0 heterocycles. The third-order valence-corrected chi connectivity index (χ3v) is 6.82. The maximum atomic E-state index is 3.72. The van der Waals surface area contributed by atoms with Gasteiger partial charge >= 0.3 is 0 Å². The summed E-state index contributed by atoms with van der Waals surface area (Å²) in [5, 5.41) is 5.08. The van der Waals surface area contributed by atoms with Crippen molar-refractivity contribution in [2.75, 3.05) is 0 Å². The number of hydrogen-bond acceptors (Lipinski definition) is 0. The Morgan fingerprint density at radius 2 is 0.758 bits per heavy atom. The van der Waals surface area contributed by atoms with E-state index in [4.69, 9.17) is 0 Å². The predicted octanol–water partition coefficient (Wildman–Crippen LogP) is 9.76. The van der Waals surface area contributed by atoms with E-state index in [0.29, 0.717) is 0 Å². The van der Waals surface area contributed by atoms with E-state index < -0.39 is 0 Å². The Morgan fingerprint density at radius 3 is 1.39 bits per heavy atom. The highest BCUT2D eigenvalue weighted by Crippen LogP contribution is 2.44. The van der Waals surface area contributed by atoms with E-state index in [1.54, 1.807) is 0 Å². The van der Waals surface area contributed by atoms with Crippen molar-refractivity contribution in [1.82, 2.24) is 0 Å². The summed E-state index contributed by atoms with van der Waals surface area (Å²) in [4.78, 5) is 0. The van der Waals surface area contributed by atoms with Gasteiger partial charge in [0.05, 0.1) is 0 Å². The number of rotatable bonds is 3. The molecule has 0 aliphatic carbocycles. The van der Waals surface area contributed by atoms with Crippen LogP contribution in [0.3, 0.4) is 0 Å². The second-order valence-corrected chi connectivity index (χ2v) is 9.21. The molecule has 0 aliphatic heterocycles. The minimum absolute atomic E-state index is 1.09. The van der Waals surface area contributed by atoms with Gasteiger partial charge in [0, 0.05) is 4.47 Å². The monoisotopic (exact) mass is 484 g/mol. The van der Waals surface area contributed by atoms with Crippen LogP contribution in [0.15, 0.2) is 132 Å². The van der Waals surface area contributed by atoms with Crippen molar-refractivity contribution in [1.29, 1.82) is 0 Å². The molecule has 0 N–H and O–H groups in total. The average molecular weight is 485 g/mol. The first kappa shape index (κ1) is 20.0. The fourth-order valence-corrected chi connectivity index (χ4v) is 5.20. The largest absolute Gasteiger partial charge is 0.0622 e. The van der Waals surface area contributed by atoms with Crippen molar-refractivity contribution in [2.24, 2.45) is 0 Å². The fraction of sp³-hybridized carbons (Fsp3) is 0. The Kier molecular flexibility index (Phi) is 5.05. The number of halogens is 1. The second kappa shape index (κ2) is 8.35. The summed E-state index contributed by atoms with van der Waals surface area (Å²) in [6.07, 6.45) is 0. The van der Waals surface area contributed by atoms with Crippen molar-refractivity contribution >= 4 is 37.5 Å². The zero-order chi connectivity index (χ0) is 22.2. The van der Waals surface area contributed by atoms with Crippen LogP contribution < -0.4 is 0 Å². The van der Waals surface area contributed by atoms with Crippen molar-refractivity contribution in [3.63, 3.8) is 0 Å². The first-order chi connectivity index (χ1) is 16.3. The lowest BCUT2D eigenvalue weighted by Crippen LogP contribution is -1.91. The van der Waals surface area contributed by atoms with E-state index >= 15 is 0 Å². The molecule has 0 aliphatic rings. The standard InChI is InChI=1S/C32H21Br/c33-26-19-20-29-30(21-26)32(24-11-5-2-6-12-24)28-14-8-7-13-27(28)31(29)25-17-15-23(16-18-25)22-9-3-1-4-10-22/h1-21H. The molecule has 0 bridgehead atoms. The topological polar surface area (TPSA) is 0 Å².